The first-order valence-electron chi connectivity index (χ1n) is 11.3. The summed E-state index contributed by atoms with van der Waals surface area (Å²) in [6.45, 7) is 6.79. The largest absolute Gasteiger partial charge is 0.365 e. The predicted octanol–water partition coefficient (Wildman–Crippen LogP) is 6.47. The van der Waals surface area contributed by atoms with Crippen molar-refractivity contribution in [3.05, 3.63) is 82.2 Å². The molecule has 2 amide bonds. The van der Waals surface area contributed by atoms with E-state index in [4.69, 9.17) is 5.73 Å². The fraction of sp³-hybridized carbons (Fsp3) is 0.333. The van der Waals surface area contributed by atoms with Crippen LogP contribution in [0.15, 0.2) is 65.6 Å². The molecule has 6 heteroatoms. The van der Waals surface area contributed by atoms with Crippen LogP contribution in [-0.4, -0.2) is 11.8 Å². The molecule has 0 bridgehead atoms. The van der Waals surface area contributed by atoms with Gasteiger partial charge < -0.3 is 11.1 Å². The standard InChI is InChI=1S/C27H30N2O2S2/c1-27(2,3)18-14-15-20-21(16-18)33-26(22(20)24(28)30)29-25(31)23(17-10-6-4-7-11-17)32-19-12-8-5-9-13-19/h4-13,18,23H,14-16H2,1-3H3,(H2,28,30)(H,29,31)/t18-,23+/m1/s1. The molecule has 1 aromatic heterocycles. The number of amides is 2. The number of hydrogen-bond donors (Lipinski definition) is 2. The Morgan fingerprint density at radius 2 is 1.70 bits per heavy atom. The van der Waals surface area contributed by atoms with E-state index in [1.807, 2.05) is 60.7 Å². The summed E-state index contributed by atoms with van der Waals surface area (Å²) in [5, 5.41) is 3.22. The lowest BCUT2D eigenvalue weighted by atomic mass is 9.72. The van der Waals surface area contributed by atoms with Gasteiger partial charge in [0.05, 0.1) is 5.56 Å². The van der Waals surface area contributed by atoms with Crippen molar-refractivity contribution in [1.29, 1.82) is 0 Å². The molecule has 4 nitrogen and oxygen atoms in total. The molecule has 2 aromatic carbocycles. The summed E-state index contributed by atoms with van der Waals surface area (Å²) in [6.07, 6.45) is 2.76. The number of thiophene rings is 1. The van der Waals surface area contributed by atoms with Gasteiger partial charge in [0.1, 0.15) is 10.3 Å². The Labute approximate surface area is 204 Å². The van der Waals surface area contributed by atoms with Crippen molar-refractivity contribution in [2.45, 2.75) is 50.2 Å². The number of nitrogens with two attached hydrogens (primary N) is 1. The molecule has 0 fully saturated rings. The van der Waals surface area contributed by atoms with E-state index in [1.165, 1.54) is 28.0 Å². The van der Waals surface area contributed by atoms with Gasteiger partial charge in [0.2, 0.25) is 5.91 Å². The lowest BCUT2D eigenvalue weighted by molar-refractivity contribution is -0.115. The summed E-state index contributed by atoms with van der Waals surface area (Å²) in [5.74, 6) is -0.0777. The molecule has 3 N–H and O–H groups in total. The molecule has 0 saturated carbocycles. The van der Waals surface area contributed by atoms with Gasteiger partial charge >= 0.3 is 0 Å². The Balaban J connectivity index is 1.64. The maximum atomic E-state index is 13.6. The number of carbonyl (C=O) groups excluding carboxylic acids is 2. The van der Waals surface area contributed by atoms with Gasteiger partial charge in [-0.25, -0.2) is 0 Å². The smallest absolute Gasteiger partial charge is 0.251 e. The third-order valence-corrected chi connectivity index (χ3v) is 8.75. The molecule has 2 atom stereocenters. The number of nitrogens with one attached hydrogen (secondary N) is 1. The quantitative estimate of drug-likeness (QED) is 0.399. The number of rotatable bonds is 6. The van der Waals surface area contributed by atoms with Gasteiger partial charge in [-0.1, -0.05) is 69.3 Å². The van der Waals surface area contributed by atoms with Gasteiger partial charge in [0, 0.05) is 9.77 Å². The van der Waals surface area contributed by atoms with Crippen LogP contribution in [0.25, 0.3) is 0 Å². The zero-order valence-electron chi connectivity index (χ0n) is 19.3. The lowest BCUT2D eigenvalue weighted by Gasteiger charge is -2.33. The zero-order valence-corrected chi connectivity index (χ0v) is 20.9. The number of thioether (sulfide) groups is 1. The average molecular weight is 479 g/mol. The van der Waals surface area contributed by atoms with Crippen molar-refractivity contribution in [3.8, 4) is 0 Å². The van der Waals surface area contributed by atoms with Crippen LogP contribution in [0.5, 0.6) is 0 Å². The molecule has 1 aliphatic carbocycles. The van der Waals surface area contributed by atoms with E-state index < -0.39 is 11.2 Å². The normalized spacial score (nSPS) is 16.6. The van der Waals surface area contributed by atoms with Crippen molar-refractivity contribution in [2.75, 3.05) is 5.32 Å². The monoisotopic (exact) mass is 478 g/mol. The lowest BCUT2D eigenvalue weighted by Crippen LogP contribution is -2.27. The maximum Gasteiger partial charge on any atom is 0.251 e. The van der Waals surface area contributed by atoms with Gasteiger partial charge in [-0.3, -0.25) is 9.59 Å². The Morgan fingerprint density at radius 3 is 2.30 bits per heavy atom. The average Bonchev–Trinajstić information content (AvgIpc) is 3.15. The molecule has 172 valence electrons. The molecule has 0 saturated heterocycles. The number of carbonyl (C=O) groups is 2. The maximum absolute atomic E-state index is 13.6. The summed E-state index contributed by atoms with van der Waals surface area (Å²) in [4.78, 5) is 28.2. The van der Waals surface area contributed by atoms with E-state index in [9.17, 15) is 9.59 Å². The molecular weight excluding hydrogens is 448 g/mol. The number of benzene rings is 2. The van der Waals surface area contributed by atoms with Crippen molar-refractivity contribution >= 4 is 39.9 Å². The Bertz CT molecular complexity index is 1130. The van der Waals surface area contributed by atoms with E-state index >= 15 is 0 Å². The minimum absolute atomic E-state index is 0.150. The number of anilines is 1. The topological polar surface area (TPSA) is 72.2 Å². The Kier molecular flexibility index (Phi) is 6.96. The van der Waals surface area contributed by atoms with Crippen LogP contribution < -0.4 is 11.1 Å². The Hall–Kier alpha value is -2.57. The second-order valence-electron chi connectivity index (χ2n) is 9.59. The number of fused-ring (bicyclic) bond motifs is 1. The van der Waals surface area contributed by atoms with E-state index in [-0.39, 0.29) is 11.3 Å². The zero-order chi connectivity index (χ0) is 23.6. The van der Waals surface area contributed by atoms with Gasteiger partial charge in [-0.05, 0) is 53.9 Å². The molecule has 1 heterocycles. The minimum atomic E-state index is -0.469. The van der Waals surface area contributed by atoms with Crippen LogP contribution in [0, 0.1) is 11.3 Å². The van der Waals surface area contributed by atoms with Crippen LogP contribution in [0.4, 0.5) is 5.00 Å². The van der Waals surface area contributed by atoms with E-state index in [1.54, 1.807) is 0 Å². The molecule has 0 spiro atoms. The molecule has 4 rings (SSSR count). The van der Waals surface area contributed by atoms with E-state index in [0.29, 0.717) is 16.5 Å². The molecule has 0 aliphatic heterocycles. The molecule has 0 unspecified atom stereocenters. The van der Waals surface area contributed by atoms with Gasteiger partial charge in [0.25, 0.3) is 5.91 Å². The first kappa shape index (κ1) is 23.6. The van der Waals surface area contributed by atoms with Crippen molar-refractivity contribution in [2.24, 2.45) is 17.1 Å². The van der Waals surface area contributed by atoms with Gasteiger partial charge in [0.15, 0.2) is 0 Å². The second kappa shape index (κ2) is 9.74. The predicted molar refractivity (Wildman–Crippen MR) is 138 cm³/mol. The highest BCUT2D eigenvalue weighted by Gasteiger charge is 2.34. The summed E-state index contributed by atoms with van der Waals surface area (Å²) in [5.41, 5.74) is 8.43. The van der Waals surface area contributed by atoms with Crippen LogP contribution in [0.1, 0.15) is 58.8 Å². The van der Waals surface area contributed by atoms with Crippen LogP contribution in [0.2, 0.25) is 0 Å². The van der Waals surface area contributed by atoms with Gasteiger partial charge in [-0.2, -0.15) is 0 Å². The summed E-state index contributed by atoms with van der Waals surface area (Å²) < 4.78 is 0. The summed E-state index contributed by atoms with van der Waals surface area (Å²) in [7, 11) is 0. The molecular formula is C27H30N2O2S2. The number of primary amides is 1. The van der Waals surface area contributed by atoms with E-state index in [0.717, 1.165) is 35.3 Å². The highest BCUT2D eigenvalue weighted by Crippen LogP contribution is 2.45. The van der Waals surface area contributed by atoms with Crippen LogP contribution >= 0.6 is 23.1 Å². The fourth-order valence-electron chi connectivity index (χ4n) is 4.39. The van der Waals surface area contributed by atoms with E-state index in [2.05, 4.69) is 26.1 Å². The molecule has 3 aromatic rings. The minimum Gasteiger partial charge on any atom is -0.365 e. The highest BCUT2D eigenvalue weighted by atomic mass is 32.2. The molecule has 33 heavy (non-hydrogen) atoms. The molecule has 1 aliphatic rings. The third kappa shape index (κ3) is 5.33. The molecule has 0 radical (unpaired) electrons. The fourth-order valence-corrected chi connectivity index (χ4v) is 6.77. The van der Waals surface area contributed by atoms with Gasteiger partial charge in [-0.15, -0.1) is 23.1 Å². The highest BCUT2D eigenvalue weighted by molar-refractivity contribution is 8.00. The third-order valence-electron chi connectivity index (χ3n) is 6.31. The number of hydrogen-bond acceptors (Lipinski definition) is 4. The summed E-state index contributed by atoms with van der Waals surface area (Å²) >= 11 is 3.01. The van der Waals surface area contributed by atoms with Crippen molar-refractivity contribution in [3.63, 3.8) is 0 Å². The Morgan fingerprint density at radius 1 is 1.06 bits per heavy atom. The first-order valence-corrected chi connectivity index (χ1v) is 13.0. The van der Waals surface area contributed by atoms with Crippen LogP contribution in [0.3, 0.4) is 0 Å². The van der Waals surface area contributed by atoms with Crippen LogP contribution in [-0.2, 0) is 17.6 Å². The first-order chi connectivity index (χ1) is 15.7. The SMILES string of the molecule is CC(C)(C)[C@@H]1CCc2c(sc(NC(=O)[C@@H](Sc3ccccc3)c3ccccc3)c2C(N)=O)C1. The van der Waals surface area contributed by atoms with Crippen molar-refractivity contribution < 1.29 is 9.59 Å². The second-order valence-corrected chi connectivity index (χ2v) is 11.9. The van der Waals surface area contributed by atoms with Crippen molar-refractivity contribution in [1.82, 2.24) is 0 Å². The summed E-state index contributed by atoms with van der Waals surface area (Å²) in [6, 6.07) is 19.6.